The Morgan fingerprint density at radius 1 is 1.18 bits per heavy atom. The fraction of sp³-hybridized carbons (Fsp3) is 0.263. The van der Waals surface area contributed by atoms with Crippen LogP contribution in [0.25, 0.3) is 0 Å². The van der Waals surface area contributed by atoms with E-state index in [0.29, 0.717) is 33.4 Å². The lowest BCUT2D eigenvalue weighted by molar-refractivity contribution is 0.0438. The summed E-state index contributed by atoms with van der Waals surface area (Å²) in [7, 11) is 1.29. The van der Waals surface area contributed by atoms with Crippen molar-refractivity contribution in [2.75, 3.05) is 7.11 Å². The number of furan rings is 1. The molecule has 3 aromatic rings. The Morgan fingerprint density at radius 2 is 2.00 bits per heavy atom. The van der Waals surface area contributed by atoms with Crippen LogP contribution in [0.15, 0.2) is 44.4 Å². The zero-order valence-electron chi connectivity index (χ0n) is 15.6. The van der Waals surface area contributed by atoms with Crippen molar-refractivity contribution >= 4 is 23.7 Å². The monoisotopic (exact) mass is 402 g/mol. The number of hydrogen-bond donors (Lipinski definition) is 0. The molecule has 0 aliphatic rings. The molecule has 3 heterocycles. The molecule has 0 spiro atoms. The maximum Gasteiger partial charge on any atom is 0.341 e. The zero-order chi connectivity index (χ0) is 20.1. The van der Waals surface area contributed by atoms with Crippen LogP contribution < -0.4 is 0 Å². The number of aromatic nitrogens is 2. The number of hydrogen-bond acceptors (Lipinski definition) is 9. The molecule has 28 heavy (non-hydrogen) atoms. The fourth-order valence-electron chi connectivity index (χ4n) is 2.43. The number of ether oxygens (including phenoxy) is 2. The van der Waals surface area contributed by atoms with Gasteiger partial charge in [-0.1, -0.05) is 16.9 Å². The Morgan fingerprint density at radius 3 is 2.71 bits per heavy atom. The molecule has 3 rings (SSSR count). The van der Waals surface area contributed by atoms with Gasteiger partial charge in [-0.15, -0.1) is 0 Å². The number of thioether (sulfide) groups is 1. The van der Waals surface area contributed by atoms with E-state index in [9.17, 15) is 9.59 Å². The van der Waals surface area contributed by atoms with Gasteiger partial charge in [0.15, 0.2) is 0 Å². The molecule has 0 aliphatic carbocycles. The second-order valence-electron chi connectivity index (χ2n) is 5.82. The van der Waals surface area contributed by atoms with Crippen molar-refractivity contribution in [3.05, 3.63) is 64.6 Å². The molecule has 0 unspecified atom stereocenters. The average Bonchev–Trinajstić information content (AvgIpc) is 3.29. The summed E-state index contributed by atoms with van der Waals surface area (Å²) in [5.41, 5.74) is 1.40. The summed E-state index contributed by atoms with van der Waals surface area (Å²) < 4.78 is 20.5. The third-order valence-electron chi connectivity index (χ3n) is 3.74. The molecule has 3 aromatic heterocycles. The normalized spacial score (nSPS) is 10.7. The zero-order valence-corrected chi connectivity index (χ0v) is 16.4. The molecule has 8 nitrogen and oxygen atoms in total. The molecule has 146 valence electrons. The Bertz CT molecular complexity index is 994. The highest BCUT2D eigenvalue weighted by atomic mass is 32.2. The molecule has 0 saturated carbocycles. The summed E-state index contributed by atoms with van der Waals surface area (Å²) in [6.07, 6.45) is 1.60. The molecule has 0 fully saturated rings. The van der Waals surface area contributed by atoms with E-state index in [1.165, 1.54) is 24.9 Å². The van der Waals surface area contributed by atoms with Crippen LogP contribution in [0.3, 0.4) is 0 Å². The van der Waals surface area contributed by atoms with E-state index in [-0.39, 0.29) is 6.61 Å². The SMILES string of the molecule is COC(=O)c1cc(COC(=O)c2cccnc2SCc2cc(C)on2)oc1C. The number of pyridine rings is 1. The number of esters is 2. The maximum absolute atomic E-state index is 12.5. The van der Waals surface area contributed by atoms with E-state index >= 15 is 0 Å². The Labute approximate surface area is 165 Å². The molecule has 0 atom stereocenters. The van der Waals surface area contributed by atoms with Gasteiger partial charge >= 0.3 is 11.9 Å². The van der Waals surface area contributed by atoms with Gasteiger partial charge in [-0.05, 0) is 32.0 Å². The van der Waals surface area contributed by atoms with Gasteiger partial charge in [0.1, 0.15) is 34.5 Å². The number of carbonyl (C=O) groups excluding carboxylic acids is 2. The van der Waals surface area contributed by atoms with Gasteiger partial charge in [0.05, 0.1) is 18.4 Å². The highest BCUT2D eigenvalue weighted by Crippen LogP contribution is 2.25. The highest BCUT2D eigenvalue weighted by molar-refractivity contribution is 7.98. The molecule has 0 N–H and O–H groups in total. The van der Waals surface area contributed by atoms with Crippen LogP contribution in [0, 0.1) is 13.8 Å². The largest absolute Gasteiger partial charge is 0.465 e. The Balaban J connectivity index is 1.65. The first kappa shape index (κ1) is 19.7. The van der Waals surface area contributed by atoms with Crippen molar-refractivity contribution in [3.8, 4) is 0 Å². The second kappa shape index (κ2) is 8.75. The third kappa shape index (κ3) is 4.61. The predicted octanol–water partition coefficient (Wildman–Crippen LogP) is 3.72. The van der Waals surface area contributed by atoms with Crippen LogP contribution in [0.1, 0.15) is 43.7 Å². The van der Waals surface area contributed by atoms with Crippen molar-refractivity contribution < 1.29 is 28.0 Å². The minimum absolute atomic E-state index is 0.113. The van der Waals surface area contributed by atoms with Crippen molar-refractivity contribution in [1.82, 2.24) is 10.1 Å². The Kier molecular flexibility index (Phi) is 6.15. The van der Waals surface area contributed by atoms with Crippen LogP contribution in [0.4, 0.5) is 0 Å². The summed E-state index contributed by atoms with van der Waals surface area (Å²) in [6.45, 7) is 3.34. The molecule has 0 amide bonds. The molecule has 0 aromatic carbocycles. The van der Waals surface area contributed by atoms with Gasteiger partial charge in [0, 0.05) is 18.0 Å². The summed E-state index contributed by atoms with van der Waals surface area (Å²) in [5.74, 6) is 0.930. The molecule has 0 aliphatic heterocycles. The van der Waals surface area contributed by atoms with Gasteiger partial charge in [0.2, 0.25) is 0 Å². The number of carbonyl (C=O) groups is 2. The molecular weight excluding hydrogens is 384 g/mol. The number of rotatable bonds is 7. The molecular formula is C19H18N2O6S. The summed E-state index contributed by atoms with van der Waals surface area (Å²) in [4.78, 5) is 28.4. The van der Waals surface area contributed by atoms with E-state index in [0.717, 1.165) is 11.5 Å². The van der Waals surface area contributed by atoms with Crippen LogP contribution in [0.5, 0.6) is 0 Å². The van der Waals surface area contributed by atoms with Gasteiger partial charge in [-0.3, -0.25) is 0 Å². The van der Waals surface area contributed by atoms with Crippen molar-refractivity contribution in [1.29, 1.82) is 0 Å². The summed E-state index contributed by atoms with van der Waals surface area (Å²) in [6, 6.07) is 6.62. The van der Waals surface area contributed by atoms with E-state index < -0.39 is 11.9 Å². The van der Waals surface area contributed by atoms with E-state index in [1.807, 2.05) is 13.0 Å². The molecule has 9 heteroatoms. The van der Waals surface area contributed by atoms with E-state index in [1.54, 1.807) is 25.3 Å². The Hall–Kier alpha value is -3.07. The number of methoxy groups -OCH3 is 1. The fourth-order valence-corrected chi connectivity index (χ4v) is 3.29. The number of aryl methyl sites for hydroxylation is 2. The second-order valence-corrected chi connectivity index (χ2v) is 6.79. The standard InChI is InChI=1S/C19H18N2O6S/c1-11-7-13(21-27-11)10-28-17-15(5-4-6-20-17)19(23)25-9-14-8-16(12(2)26-14)18(22)24-3/h4-8H,9-10H2,1-3H3. The van der Waals surface area contributed by atoms with Crippen LogP contribution in [-0.4, -0.2) is 29.2 Å². The smallest absolute Gasteiger partial charge is 0.341 e. The first-order chi connectivity index (χ1) is 13.5. The summed E-state index contributed by atoms with van der Waals surface area (Å²) >= 11 is 1.36. The molecule has 0 radical (unpaired) electrons. The number of nitrogens with zero attached hydrogens (tertiary/aromatic N) is 2. The van der Waals surface area contributed by atoms with Crippen molar-refractivity contribution in [2.24, 2.45) is 0 Å². The van der Waals surface area contributed by atoms with E-state index in [2.05, 4.69) is 14.9 Å². The van der Waals surface area contributed by atoms with Gasteiger partial charge in [0.25, 0.3) is 0 Å². The van der Waals surface area contributed by atoms with Gasteiger partial charge in [-0.25, -0.2) is 14.6 Å². The molecule has 0 bridgehead atoms. The lowest BCUT2D eigenvalue weighted by Crippen LogP contribution is -2.07. The lowest BCUT2D eigenvalue weighted by Gasteiger charge is -2.07. The van der Waals surface area contributed by atoms with Crippen molar-refractivity contribution in [3.63, 3.8) is 0 Å². The molecule has 0 saturated heterocycles. The highest BCUT2D eigenvalue weighted by Gasteiger charge is 2.19. The minimum Gasteiger partial charge on any atom is -0.465 e. The van der Waals surface area contributed by atoms with Crippen LogP contribution >= 0.6 is 11.8 Å². The minimum atomic E-state index is -0.541. The maximum atomic E-state index is 12.5. The third-order valence-corrected chi connectivity index (χ3v) is 4.78. The van der Waals surface area contributed by atoms with Crippen molar-refractivity contribution in [2.45, 2.75) is 31.2 Å². The first-order valence-corrected chi connectivity index (χ1v) is 9.31. The van der Waals surface area contributed by atoms with Crippen LogP contribution in [0.2, 0.25) is 0 Å². The average molecular weight is 402 g/mol. The van der Waals surface area contributed by atoms with Gasteiger partial charge < -0.3 is 18.4 Å². The summed E-state index contributed by atoms with van der Waals surface area (Å²) in [5, 5.41) is 4.45. The first-order valence-electron chi connectivity index (χ1n) is 8.32. The van der Waals surface area contributed by atoms with Gasteiger partial charge in [-0.2, -0.15) is 0 Å². The van der Waals surface area contributed by atoms with E-state index in [4.69, 9.17) is 13.7 Å². The topological polar surface area (TPSA) is 105 Å². The van der Waals surface area contributed by atoms with Crippen LogP contribution in [-0.2, 0) is 21.8 Å². The lowest BCUT2D eigenvalue weighted by atomic mass is 10.2. The quantitative estimate of drug-likeness (QED) is 0.432. The predicted molar refractivity (Wildman–Crippen MR) is 98.9 cm³/mol.